The molecule has 3 aromatic rings. The molecule has 0 N–H and O–H groups in total. The van der Waals surface area contributed by atoms with Crippen LogP contribution in [-0.4, -0.2) is 32.2 Å². The van der Waals surface area contributed by atoms with E-state index in [-0.39, 0.29) is 11.9 Å². The van der Waals surface area contributed by atoms with E-state index in [1.807, 2.05) is 66.4 Å². The van der Waals surface area contributed by atoms with Gasteiger partial charge in [0.25, 0.3) is 5.91 Å². The van der Waals surface area contributed by atoms with Crippen LogP contribution in [0.2, 0.25) is 5.02 Å². The van der Waals surface area contributed by atoms with Gasteiger partial charge in [-0.25, -0.2) is 0 Å². The summed E-state index contributed by atoms with van der Waals surface area (Å²) in [6.07, 6.45) is 7.42. The third-order valence-electron chi connectivity index (χ3n) is 5.96. The van der Waals surface area contributed by atoms with Crippen LogP contribution in [0.3, 0.4) is 0 Å². The summed E-state index contributed by atoms with van der Waals surface area (Å²) in [5.74, 6) is 0.751. The summed E-state index contributed by atoms with van der Waals surface area (Å²) in [7, 11) is 0. The number of thioether (sulfide) groups is 1. The molecule has 0 spiro atoms. The van der Waals surface area contributed by atoms with Crippen molar-refractivity contribution in [2.75, 3.05) is 0 Å². The minimum atomic E-state index is 0.00868. The Morgan fingerprint density at radius 3 is 2.69 bits per heavy atom. The maximum Gasteiger partial charge on any atom is 0.267 e. The molecular formula is C26H25ClN4O2S2. The summed E-state index contributed by atoms with van der Waals surface area (Å²) >= 11 is 8.81. The number of aromatic nitrogens is 2. The molecule has 1 saturated heterocycles. The monoisotopic (exact) mass is 524 g/mol. The number of hydrogen-bond donors (Lipinski definition) is 0. The molecule has 1 aliphatic carbocycles. The van der Waals surface area contributed by atoms with Gasteiger partial charge in [0, 0.05) is 11.1 Å². The largest absolute Gasteiger partial charge is 0.489 e. The zero-order valence-corrected chi connectivity index (χ0v) is 21.7. The fourth-order valence-electron chi connectivity index (χ4n) is 4.23. The number of amidine groups is 1. The van der Waals surface area contributed by atoms with Crippen molar-refractivity contribution in [2.45, 2.75) is 51.7 Å². The van der Waals surface area contributed by atoms with Crippen LogP contribution in [0.4, 0.5) is 5.13 Å². The number of carbonyl (C=O) groups is 1. The molecule has 35 heavy (non-hydrogen) atoms. The van der Waals surface area contributed by atoms with Gasteiger partial charge >= 0.3 is 0 Å². The van der Waals surface area contributed by atoms with Gasteiger partial charge in [0.05, 0.1) is 4.91 Å². The van der Waals surface area contributed by atoms with Crippen molar-refractivity contribution in [2.24, 2.45) is 4.99 Å². The van der Waals surface area contributed by atoms with E-state index in [4.69, 9.17) is 21.3 Å². The number of hydrogen-bond acceptors (Lipinski definition) is 7. The predicted molar refractivity (Wildman–Crippen MR) is 143 cm³/mol. The molecule has 2 heterocycles. The van der Waals surface area contributed by atoms with Gasteiger partial charge in [-0.15, -0.1) is 10.2 Å². The maximum absolute atomic E-state index is 13.5. The number of rotatable bonds is 6. The van der Waals surface area contributed by atoms with E-state index < -0.39 is 0 Å². The topological polar surface area (TPSA) is 67.7 Å². The molecule has 1 saturated carbocycles. The molecule has 6 nitrogen and oxygen atoms in total. The second-order valence-corrected chi connectivity index (χ2v) is 11.2. The van der Waals surface area contributed by atoms with Crippen LogP contribution in [0.5, 0.6) is 5.75 Å². The van der Waals surface area contributed by atoms with Gasteiger partial charge in [0.15, 0.2) is 5.17 Å². The quantitative estimate of drug-likeness (QED) is 0.324. The number of halogens is 1. The van der Waals surface area contributed by atoms with Crippen molar-refractivity contribution in [3.05, 3.63) is 74.6 Å². The van der Waals surface area contributed by atoms with E-state index in [2.05, 4.69) is 10.2 Å². The molecule has 2 aliphatic rings. The first-order chi connectivity index (χ1) is 17.0. The van der Waals surface area contributed by atoms with Gasteiger partial charge in [-0.2, -0.15) is 4.99 Å². The van der Waals surface area contributed by atoms with Crippen molar-refractivity contribution in [1.29, 1.82) is 0 Å². The third kappa shape index (κ3) is 5.94. The molecule has 0 unspecified atom stereocenters. The summed E-state index contributed by atoms with van der Waals surface area (Å²) in [6, 6.07) is 15.6. The molecule has 0 radical (unpaired) electrons. The Bertz CT molecular complexity index is 1270. The van der Waals surface area contributed by atoms with E-state index in [0.717, 1.165) is 47.6 Å². The molecule has 9 heteroatoms. The van der Waals surface area contributed by atoms with Crippen molar-refractivity contribution in [3.8, 4) is 5.75 Å². The first-order valence-electron chi connectivity index (χ1n) is 11.6. The summed E-state index contributed by atoms with van der Waals surface area (Å²) in [4.78, 5) is 20.8. The summed E-state index contributed by atoms with van der Waals surface area (Å²) in [5.41, 5.74) is 1.95. The van der Waals surface area contributed by atoms with Gasteiger partial charge < -0.3 is 4.74 Å². The number of aliphatic imine (C=N–C) groups is 1. The van der Waals surface area contributed by atoms with E-state index in [1.165, 1.54) is 29.5 Å². The Kier molecular flexibility index (Phi) is 7.51. The number of aryl methyl sites for hydroxylation is 1. The highest BCUT2D eigenvalue weighted by Gasteiger charge is 2.38. The molecule has 5 rings (SSSR count). The number of nitrogens with zero attached hydrogens (tertiary/aromatic N) is 4. The Morgan fingerprint density at radius 2 is 1.94 bits per heavy atom. The van der Waals surface area contributed by atoms with Crippen LogP contribution >= 0.6 is 34.7 Å². The van der Waals surface area contributed by atoms with E-state index >= 15 is 0 Å². The number of ether oxygens (including phenoxy) is 1. The van der Waals surface area contributed by atoms with E-state index in [0.29, 0.717) is 26.8 Å². The van der Waals surface area contributed by atoms with Crippen molar-refractivity contribution >= 4 is 57.0 Å². The highest BCUT2D eigenvalue weighted by atomic mass is 35.5. The molecule has 2 aromatic carbocycles. The average molecular weight is 525 g/mol. The van der Waals surface area contributed by atoms with Crippen LogP contribution in [0, 0.1) is 6.92 Å². The average Bonchev–Trinajstić information content (AvgIpc) is 3.41. The lowest BCUT2D eigenvalue weighted by molar-refractivity contribution is -0.124. The molecule has 1 amide bonds. The number of carbonyl (C=O) groups excluding carboxylic acids is 1. The standard InChI is InChI=1S/C26H25ClN4O2S2/c1-17-29-30-25(34-17)28-26-31(21-7-3-2-4-8-21)24(32)23(35-26)15-19-6-5-9-22(14-19)33-16-18-10-12-20(27)13-11-18/h5-6,9-15,21H,2-4,7-8,16H2,1H3/b23-15-,28-26+. The van der Waals surface area contributed by atoms with Crippen molar-refractivity contribution in [1.82, 2.24) is 15.1 Å². The Balaban J connectivity index is 1.37. The summed E-state index contributed by atoms with van der Waals surface area (Å²) in [5, 5.41) is 11.0. The highest BCUT2D eigenvalue weighted by Crippen LogP contribution is 2.39. The van der Waals surface area contributed by atoms with E-state index in [1.54, 1.807) is 0 Å². The molecular weight excluding hydrogens is 500 g/mol. The van der Waals surface area contributed by atoms with Gasteiger partial charge in [-0.3, -0.25) is 9.69 Å². The minimum absolute atomic E-state index is 0.00868. The SMILES string of the molecule is Cc1nnc(/N=C2/S/C(=C\c3cccc(OCc4ccc(Cl)cc4)c3)C(=O)N2C2CCCCC2)s1. The Morgan fingerprint density at radius 1 is 1.14 bits per heavy atom. The van der Waals surface area contributed by atoms with Crippen LogP contribution in [0.1, 0.15) is 48.2 Å². The van der Waals surface area contributed by atoms with E-state index in [9.17, 15) is 4.79 Å². The first kappa shape index (κ1) is 24.0. The summed E-state index contributed by atoms with van der Waals surface area (Å²) in [6.45, 7) is 2.35. The Labute approximate surface area is 218 Å². The van der Waals surface area contributed by atoms with Crippen molar-refractivity contribution < 1.29 is 9.53 Å². The smallest absolute Gasteiger partial charge is 0.267 e. The Hall–Kier alpha value is -2.68. The fraction of sp³-hybridized carbons (Fsp3) is 0.308. The lowest BCUT2D eigenvalue weighted by Crippen LogP contribution is -2.40. The first-order valence-corrected chi connectivity index (χ1v) is 13.7. The maximum atomic E-state index is 13.5. The zero-order chi connectivity index (χ0) is 24.2. The highest BCUT2D eigenvalue weighted by molar-refractivity contribution is 8.18. The summed E-state index contributed by atoms with van der Waals surface area (Å²) < 4.78 is 5.97. The van der Waals surface area contributed by atoms with Crippen molar-refractivity contribution in [3.63, 3.8) is 0 Å². The third-order valence-corrected chi connectivity index (χ3v) is 7.93. The van der Waals surface area contributed by atoms with Gasteiger partial charge in [-0.1, -0.05) is 66.5 Å². The van der Waals surface area contributed by atoms with Gasteiger partial charge in [0.2, 0.25) is 5.13 Å². The molecule has 0 bridgehead atoms. The number of benzene rings is 2. The second kappa shape index (κ2) is 10.9. The predicted octanol–water partition coefficient (Wildman–Crippen LogP) is 7.02. The number of amides is 1. The van der Waals surface area contributed by atoms with Crippen LogP contribution in [0.15, 0.2) is 58.4 Å². The lowest BCUT2D eigenvalue weighted by atomic mass is 9.94. The lowest BCUT2D eigenvalue weighted by Gasteiger charge is -2.30. The molecule has 1 aliphatic heterocycles. The molecule has 1 aromatic heterocycles. The molecule has 2 fully saturated rings. The fourth-order valence-corrected chi connectivity index (χ4v) is 6.02. The molecule has 180 valence electrons. The van der Waals surface area contributed by atoms with Gasteiger partial charge in [-0.05, 0) is 73.0 Å². The molecule has 0 atom stereocenters. The van der Waals surface area contributed by atoms with Crippen LogP contribution in [-0.2, 0) is 11.4 Å². The normalized spacial score (nSPS) is 19.1. The zero-order valence-electron chi connectivity index (χ0n) is 19.3. The minimum Gasteiger partial charge on any atom is -0.489 e. The van der Waals surface area contributed by atoms with Gasteiger partial charge in [0.1, 0.15) is 17.4 Å². The van der Waals surface area contributed by atoms with Crippen LogP contribution < -0.4 is 4.74 Å². The van der Waals surface area contributed by atoms with Crippen LogP contribution in [0.25, 0.3) is 6.08 Å². The second-order valence-electron chi connectivity index (χ2n) is 8.56.